The van der Waals surface area contributed by atoms with Crippen LogP contribution in [0.4, 0.5) is 0 Å². The summed E-state index contributed by atoms with van der Waals surface area (Å²) in [4.78, 5) is 0. The third-order valence-electron chi connectivity index (χ3n) is 4.08. The van der Waals surface area contributed by atoms with E-state index in [9.17, 15) is 0 Å². The molecule has 0 N–H and O–H groups in total. The summed E-state index contributed by atoms with van der Waals surface area (Å²) in [6, 6.07) is 17.0. The molecular formula is C22H30O2. The SMILES string of the molecule is CCCOc1ccc(C(c2ccc(OCC)cc2)C(C)(C)C)cc1. The highest BCUT2D eigenvalue weighted by Gasteiger charge is 2.27. The summed E-state index contributed by atoms with van der Waals surface area (Å²) >= 11 is 0. The van der Waals surface area contributed by atoms with Crippen LogP contribution in [0, 0.1) is 5.41 Å². The summed E-state index contributed by atoms with van der Waals surface area (Å²) < 4.78 is 11.3. The van der Waals surface area contributed by atoms with Gasteiger partial charge in [0.05, 0.1) is 13.2 Å². The number of hydrogen-bond donors (Lipinski definition) is 0. The number of benzene rings is 2. The van der Waals surface area contributed by atoms with Gasteiger partial charge in [-0.15, -0.1) is 0 Å². The lowest BCUT2D eigenvalue weighted by molar-refractivity contribution is 0.316. The number of rotatable bonds is 7. The summed E-state index contributed by atoms with van der Waals surface area (Å²) in [6.07, 6.45) is 1.03. The Balaban J connectivity index is 2.28. The Kier molecular flexibility index (Phi) is 6.30. The summed E-state index contributed by atoms with van der Waals surface area (Å²) in [6.45, 7) is 12.5. The molecule has 0 saturated heterocycles. The highest BCUT2D eigenvalue weighted by atomic mass is 16.5. The summed E-state index contributed by atoms with van der Waals surface area (Å²) in [5.74, 6) is 2.20. The predicted octanol–water partition coefficient (Wildman–Crippen LogP) is 6.05. The van der Waals surface area contributed by atoms with E-state index in [4.69, 9.17) is 9.47 Å². The van der Waals surface area contributed by atoms with Crippen LogP contribution in [0.2, 0.25) is 0 Å². The third kappa shape index (κ3) is 4.77. The zero-order valence-corrected chi connectivity index (χ0v) is 15.6. The van der Waals surface area contributed by atoms with E-state index in [0.29, 0.717) is 12.5 Å². The molecule has 2 heteroatoms. The second-order valence-electron chi connectivity index (χ2n) is 7.22. The fraction of sp³-hybridized carbons (Fsp3) is 0.455. The molecule has 0 aliphatic rings. The summed E-state index contributed by atoms with van der Waals surface area (Å²) in [5, 5.41) is 0. The molecular weight excluding hydrogens is 296 g/mol. The van der Waals surface area contributed by atoms with Crippen LogP contribution in [0.25, 0.3) is 0 Å². The van der Waals surface area contributed by atoms with E-state index in [-0.39, 0.29) is 5.41 Å². The van der Waals surface area contributed by atoms with E-state index < -0.39 is 0 Å². The second kappa shape index (κ2) is 8.23. The van der Waals surface area contributed by atoms with Gasteiger partial charge in [0.1, 0.15) is 11.5 Å². The van der Waals surface area contributed by atoms with Crippen LogP contribution in [0.5, 0.6) is 11.5 Å². The van der Waals surface area contributed by atoms with Gasteiger partial charge in [0.15, 0.2) is 0 Å². The molecule has 0 heterocycles. The van der Waals surface area contributed by atoms with E-state index in [2.05, 4.69) is 76.2 Å². The molecule has 130 valence electrons. The third-order valence-corrected chi connectivity index (χ3v) is 4.08. The molecule has 2 nitrogen and oxygen atoms in total. The largest absolute Gasteiger partial charge is 0.494 e. The maximum Gasteiger partial charge on any atom is 0.119 e. The van der Waals surface area contributed by atoms with Crippen LogP contribution in [0.3, 0.4) is 0 Å². The Morgan fingerprint density at radius 2 is 1.21 bits per heavy atom. The zero-order valence-electron chi connectivity index (χ0n) is 15.6. The van der Waals surface area contributed by atoms with Crippen molar-refractivity contribution in [3.05, 3.63) is 59.7 Å². The summed E-state index contributed by atoms with van der Waals surface area (Å²) in [7, 11) is 0. The van der Waals surface area contributed by atoms with E-state index >= 15 is 0 Å². The maximum atomic E-state index is 5.71. The lowest BCUT2D eigenvalue weighted by atomic mass is 9.72. The van der Waals surface area contributed by atoms with E-state index in [1.807, 2.05) is 6.92 Å². The molecule has 0 aliphatic heterocycles. The standard InChI is InChI=1S/C22H30O2/c1-6-16-24-20-14-10-18(11-15-20)21(22(3,4)5)17-8-12-19(13-9-17)23-7-2/h8-15,21H,6-7,16H2,1-5H3. The normalized spacial score (nSPS) is 12.7. The first-order valence-corrected chi connectivity index (χ1v) is 8.91. The van der Waals surface area contributed by atoms with Crippen molar-refractivity contribution in [3.8, 4) is 11.5 Å². The number of hydrogen-bond acceptors (Lipinski definition) is 2. The van der Waals surface area contributed by atoms with Gasteiger partial charge in [-0.3, -0.25) is 0 Å². The molecule has 0 amide bonds. The molecule has 0 fully saturated rings. The van der Waals surface area contributed by atoms with Crippen molar-refractivity contribution >= 4 is 0 Å². The van der Waals surface area contributed by atoms with Gasteiger partial charge in [0, 0.05) is 5.92 Å². The minimum atomic E-state index is 0.124. The fourth-order valence-corrected chi connectivity index (χ4v) is 3.09. The van der Waals surface area contributed by atoms with E-state index in [1.165, 1.54) is 11.1 Å². The minimum Gasteiger partial charge on any atom is -0.494 e. The van der Waals surface area contributed by atoms with E-state index in [1.54, 1.807) is 0 Å². The highest BCUT2D eigenvalue weighted by Crippen LogP contribution is 2.41. The molecule has 0 aromatic heterocycles. The maximum absolute atomic E-state index is 5.71. The number of ether oxygens (including phenoxy) is 2. The van der Waals surface area contributed by atoms with Gasteiger partial charge >= 0.3 is 0 Å². The molecule has 1 atom stereocenters. The molecule has 1 unspecified atom stereocenters. The van der Waals surface area contributed by atoms with Crippen molar-refractivity contribution in [1.82, 2.24) is 0 Å². The lowest BCUT2D eigenvalue weighted by Gasteiger charge is -2.32. The van der Waals surface area contributed by atoms with Crippen LogP contribution in [0.15, 0.2) is 48.5 Å². The molecule has 2 rings (SSSR count). The molecule has 0 saturated carbocycles. The van der Waals surface area contributed by atoms with Crippen molar-refractivity contribution in [1.29, 1.82) is 0 Å². The van der Waals surface area contributed by atoms with Crippen LogP contribution in [-0.4, -0.2) is 13.2 Å². The van der Waals surface area contributed by atoms with Crippen LogP contribution in [0.1, 0.15) is 58.1 Å². The summed E-state index contributed by atoms with van der Waals surface area (Å²) in [5.41, 5.74) is 2.75. The first kappa shape index (κ1) is 18.4. The molecule has 0 radical (unpaired) electrons. The van der Waals surface area contributed by atoms with Gasteiger partial charge in [0.2, 0.25) is 0 Å². The van der Waals surface area contributed by atoms with Crippen molar-refractivity contribution < 1.29 is 9.47 Å². The first-order valence-electron chi connectivity index (χ1n) is 8.91. The van der Waals surface area contributed by atoms with Gasteiger partial charge < -0.3 is 9.47 Å². The lowest BCUT2D eigenvalue weighted by Crippen LogP contribution is -2.19. The first-order chi connectivity index (χ1) is 11.5. The van der Waals surface area contributed by atoms with Gasteiger partial charge in [-0.05, 0) is 54.2 Å². The van der Waals surface area contributed by atoms with Gasteiger partial charge in [-0.2, -0.15) is 0 Å². The monoisotopic (exact) mass is 326 g/mol. The fourth-order valence-electron chi connectivity index (χ4n) is 3.09. The Bertz CT molecular complexity index is 606. The van der Waals surface area contributed by atoms with Gasteiger partial charge in [0.25, 0.3) is 0 Å². The predicted molar refractivity (Wildman–Crippen MR) is 101 cm³/mol. The van der Waals surface area contributed by atoms with E-state index in [0.717, 1.165) is 24.5 Å². The van der Waals surface area contributed by atoms with Crippen molar-refractivity contribution in [2.24, 2.45) is 5.41 Å². The second-order valence-corrected chi connectivity index (χ2v) is 7.22. The zero-order chi connectivity index (χ0) is 17.6. The highest BCUT2D eigenvalue weighted by molar-refractivity contribution is 5.39. The molecule has 2 aromatic carbocycles. The van der Waals surface area contributed by atoms with Gasteiger partial charge in [-0.1, -0.05) is 52.0 Å². The quantitative estimate of drug-likeness (QED) is 0.616. The minimum absolute atomic E-state index is 0.124. The average molecular weight is 326 g/mol. The van der Waals surface area contributed by atoms with Gasteiger partial charge in [-0.25, -0.2) is 0 Å². The van der Waals surface area contributed by atoms with Crippen LogP contribution >= 0.6 is 0 Å². The average Bonchev–Trinajstić information content (AvgIpc) is 2.55. The van der Waals surface area contributed by atoms with Crippen molar-refractivity contribution in [3.63, 3.8) is 0 Å². The smallest absolute Gasteiger partial charge is 0.119 e. The Morgan fingerprint density at radius 3 is 1.58 bits per heavy atom. The Labute approximate surface area is 146 Å². The molecule has 2 aromatic rings. The van der Waals surface area contributed by atoms with Crippen LogP contribution < -0.4 is 9.47 Å². The Morgan fingerprint density at radius 1 is 0.750 bits per heavy atom. The molecule has 0 aliphatic carbocycles. The molecule has 0 bridgehead atoms. The van der Waals surface area contributed by atoms with Crippen molar-refractivity contribution in [2.75, 3.05) is 13.2 Å². The molecule has 0 spiro atoms. The molecule has 24 heavy (non-hydrogen) atoms. The van der Waals surface area contributed by atoms with Crippen LogP contribution in [-0.2, 0) is 0 Å². The van der Waals surface area contributed by atoms with Crippen molar-refractivity contribution in [2.45, 2.75) is 47.0 Å². The topological polar surface area (TPSA) is 18.5 Å². The Hall–Kier alpha value is -1.96.